The van der Waals surface area contributed by atoms with E-state index in [-0.39, 0.29) is 0 Å². The molecule has 2 heteroatoms. The number of amidine groups is 1. The Morgan fingerprint density at radius 3 is 2.00 bits per heavy atom. The number of hydrogen-bond acceptors (Lipinski definition) is 1. The highest BCUT2D eigenvalue weighted by Gasteiger charge is 2.29. The fourth-order valence-electron chi connectivity index (χ4n) is 3.18. The Morgan fingerprint density at radius 2 is 1.43 bits per heavy atom. The van der Waals surface area contributed by atoms with Crippen LogP contribution in [0.5, 0.6) is 0 Å². The van der Waals surface area contributed by atoms with Crippen LogP contribution in [-0.4, -0.2) is 23.2 Å². The molecule has 1 aliphatic rings. The average Bonchev–Trinajstić information content (AvgIpc) is 3.04. The molecule has 23 heavy (non-hydrogen) atoms. The van der Waals surface area contributed by atoms with Crippen LogP contribution in [-0.2, 0) is 0 Å². The minimum Gasteiger partial charge on any atom is -0.195 e. The maximum Gasteiger partial charge on any atom is 0.329 e. The van der Waals surface area contributed by atoms with E-state index in [9.17, 15) is 0 Å². The highest BCUT2D eigenvalue weighted by Crippen LogP contribution is 2.35. The van der Waals surface area contributed by atoms with Crippen molar-refractivity contribution in [3.63, 3.8) is 0 Å². The van der Waals surface area contributed by atoms with Gasteiger partial charge in [-0.05, 0) is 24.0 Å². The molecular weight excluding hydrogens is 280 g/mol. The molecule has 0 saturated heterocycles. The van der Waals surface area contributed by atoms with Crippen LogP contribution in [0.3, 0.4) is 0 Å². The summed E-state index contributed by atoms with van der Waals surface area (Å²) in [5, 5.41) is 0. The van der Waals surface area contributed by atoms with Gasteiger partial charge in [0.15, 0.2) is 6.54 Å². The van der Waals surface area contributed by atoms with E-state index in [4.69, 9.17) is 4.99 Å². The molecule has 0 saturated carbocycles. The van der Waals surface area contributed by atoms with Crippen molar-refractivity contribution in [2.24, 2.45) is 4.99 Å². The topological polar surface area (TPSA) is 15.4 Å². The minimum absolute atomic E-state index is 0.481. The van der Waals surface area contributed by atoms with Crippen LogP contribution in [0.1, 0.15) is 56.2 Å². The smallest absolute Gasteiger partial charge is 0.195 e. The lowest BCUT2D eigenvalue weighted by atomic mass is 9.92. The fraction of sp³-hybridized carbons (Fsp3) is 0.333. The van der Waals surface area contributed by atoms with E-state index in [0.717, 1.165) is 12.4 Å². The predicted octanol–water partition coefficient (Wildman–Crippen LogP) is 5.11. The molecule has 0 atom stereocenters. The van der Waals surface area contributed by atoms with Crippen molar-refractivity contribution in [2.45, 2.75) is 39.5 Å². The molecule has 1 aliphatic heterocycles. The number of nitrogens with zero attached hydrogens (tertiary/aromatic N) is 2. The zero-order chi connectivity index (χ0) is 16.4. The Kier molecular flexibility index (Phi) is 4.42. The van der Waals surface area contributed by atoms with Gasteiger partial charge in [0.2, 0.25) is 0 Å². The second kappa shape index (κ2) is 6.49. The molecule has 0 fully saturated rings. The summed E-state index contributed by atoms with van der Waals surface area (Å²) in [6.07, 6.45) is 2.20. The Bertz CT molecular complexity index is 726. The Labute approximate surface area is 139 Å². The number of aliphatic imine (C=N–C) groups is 1. The third kappa shape index (κ3) is 2.98. The normalized spacial score (nSPS) is 14.3. The van der Waals surface area contributed by atoms with E-state index in [2.05, 4.69) is 87.0 Å². The third-order valence-corrected chi connectivity index (χ3v) is 4.35. The van der Waals surface area contributed by atoms with Gasteiger partial charge in [0, 0.05) is 11.1 Å². The van der Waals surface area contributed by atoms with E-state index >= 15 is 0 Å². The molecule has 0 amide bonds. The van der Waals surface area contributed by atoms with Gasteiger partial charge in [0.05, 0.1) is 5.56 Å². The van der Waals surface area contributed by atoms with E-state index < -0.39 is 0 Å². The van der Waals surface area contributed by atoms with E-state index in [1.54, 1.807) is 0 Å². The molecule has 0 spiro atoms. The summed E-state index contributed by atoms with van der Waals surface area (Å²) in [6, 6.07) is 17.2. The highest BCUT2D eigenvalue weighted by molar-refractivity contribution is 5.99. The molecule has 2 aromatic carbocycles. The third-order valence-electron chi connectivity index (χ3n) is 4.35. The van der Waals surface area contributed by atoms with Gasteiger partial charge in [-0.15, -0.1) is 0 Å². The van der Waals surface area contributed by atoms with Gasteiger partial charge >= 0.3 is 5.84 Å². The summed E-state index contributed by atoms with van der Waals surface area (Å²) in [6.45, 7) is 9.79. The molecule has 3 rings (SSSR count). The average molecular weight is 305 g/mol. The molecule has 0 bridgehead atoms. The van der Waals surface area contributed by atoms with Crippen molar-refractivity contribution in [1.29, 1.82) is 0 Å². The Balaban J connectivity index is 2.17. The minimum atomic E-state index is 0.481. The summed E-state index contributed by atoms with van der Waals surface area (Å²) in [4.78, 5) is 4.75. The van der Waals surface area contributed by atoms with Gasteiger partial charge in [-0.25, -0.2) is 0 Å². The van der Waals surface area contributed by atoms with Gasteiger partial charge < -0.3 is 0 Å². The second-order valence-electron chi connectivity index (χ2n) is 6.68. The van der Waals surface area contributed by atoms with Crippen LogP contribution in [0.25, 0.3) is 0 Å². The Morgan fingerprint density at radius 1 is 0.826 bits per heavy atom. The van der Waals surface area contributed by atoms with Crippen molar-refractivity contribution in [3.8, 4) is 0 Å². The largest absolute Gasteiger partial charge is 0.329 e. The van der Waals surface area contributed by atoms with Crippen molar-refractivity contribution in [2.75, 3.05) is 6.54 Å². The molecular formula is C21H25N2+. The van der Waals surface area contributed by atoms with Crippen LogP contribution in [0.4, 0.5) is 5.69 Å². The van der Waals surface area contributed by atoms with Crippen molar-refractivity contribution < 1.29 is 4.58 Å². The van der Waals surface area contributed by atoms with Crippen molar-refractivity contribution >= 4 is 17.7 Å². The molecule has 0 N–H and O–H groups in total. The maximum absolute atomic E-state index is 4.75. The van der Waals surface area contributed by atoms with Crippen LogP contribution >= 0.6 is 0 Å². The first-order valence-electron chi connectivity index (χ1n) is 8.44. The second-order valence-corrected chi connectivity index (χ2v) is 6.68. The first-order chi connectivity index (χ1) is 11.1. The van der Waals surface area contributed by atoms with Gasteiger partial charge in [-0.1, -0.05) is 69.1 Å². The quantitative estimate of drug-likeness (QED) is 0.698. The summed E-state index contributed by atoms with van der Waals surface area (Å²) < 4.78 is 2.31. The molecule has 118 valence electrons. The molecule has 0 unspecified atom stereocenters. The summed E-state index contributed by atoms with van der Waals surface area (Å²) in [5.74, 6) is 2.02. The number of rotatable bonds is 4. The van der Waals surface area contributed by atoms with Gasteiger partial charge in [-0.2, -0.15) is 4.58 Å². The lowest BCUT2D eigenvalue weighted by molar-refractivity contribution is -0.297. The van der Waals surface area contributed by atoms with Crippen LogP contribution < -0.4 is 0 Å². The molecule has 2 nitrogen and oxygen atoms in total. The predicted molar refractivity (Wildman–Crippen MR) is 98.5 cm³/mol. The highest BCUT2D eigenvalue weighted by atomic mass is 15.1. The fourth-order valence-corrected chi connectivity index (χ4v) is 3.18. The van der Waals surface area contributed by atoms with Crippen molar-refractivity contribution in [3.05, 3.63) is 65.2 Å². The number of para-hydroxylation sites is 1. The molecule has 1 heterocycles. The lowest BCUT2D eigenvalue weighted by Gasteiger charge is -2.18. The number of hydrogen-bond donors (Lipinski definition) is 0. The number of benzene rings is 2. The molecule has 2 aromatic rings. The van der Waals surface area contributed by atoms with Crippen LogP contribution in [0.2, 0.25) is 0 Å². The van der Waals surface area contributed by atoms with E-state index in [0.29, 0.717) is 11.8 Å². The standard InChI is InChI=1S/C21H25N2/c1-15(2)18-11-8-12-19(16(3)4)20(18)23-14-13-22-21(23)17-9-6-5-7-10-17/h5-12,14-16H,13H2,1-4H3/q+1. The van der Waals surface area contributed by atoms with Gasteiger partial charge in [0.1, 0.15) is 11.9 Å². The lowest BCUT2D eigenvalue weighted by Crippen LogP contribution is -2.18. The van der Waals surface area contributed by atoms with Gasteiger partial charge in [-0.3, -0.25) is 0 Å². The zero-order valence-electron chi connectivity index (χ0n) is 14.5. The first kappa shape index (κ1) is 15.7. The maximum atomic E-state index is 4.75. The van der Waals surface area contributed by atoms with E-state index in [1.165, 1.54) is 22.4 Å². The molecule has 0 radical (unpaired) electrons. The Hall–Kier alpha value is -2.22. The van der Waals surface area contributed by atoms with E-state index in [1.807, 2.05) is 0 Å². The summed E-state index contributed by atoms with van der Waals surface area (Å²) in [7, 11) is 0. The van der Waals surface area contributed by atoms with Gasteiger partial charge in [0.25, 0.3) is 0 Å². The zero-order valence-corrected chi connectivity index (χ0v) is 14.5. The molecule has 0 aromatic heterocycles. The SMILES string of the molecule is CC(C)c1cccc(C(C)C)c1[N+]1=CCN=C1c1ccccc1. The summed E-state index contributed by atoms with van der Waals surface area (Å²) >= 11 is 0. The molecule has 0 aliphatic carbocycles. The summed E-state index contributed by atoms with van der Waals surface area (Å²) in [5.41, 5.74) is 5.27. The first-order valence-corrected chi connectivity index (χ1v) is 8.44. The van der Waals surface area contributed by atoms with Crippen LogP contribution in [0, 0.1) is 0 Å². The van der Waals surface area contributed by atoms with Crippen molar-refractivity contribution in [1.82, 2.24) is 0 Å². The van der Waals surface area contributed by atoms with Crippen LogP contribution in [0.15, 0.2) is 53.5 Å². The monoisotopic (exact) mass is 305 g/mol.